The molecule has 0 heterocycles. The average Bonchev–Trinajstić information content (AvgIpc) is 2.40. The molecule has 2 heteroatoms. The lowest BCUT2D eigenvalue weighted by atomic mass is 10.0. The van der Waals surface area contributed by atoms with Crippen molar-refractivity contribution in [1.29, 1.82) is 0 Å². The molecular formula is C15H17NO. The molecule has 0 aliphatic heterocycles. The third kappa shape index (κ3) is 3.00. The molecule has 2 aromatic carbocycles. The van der Waals surface area contributed by atoms with Gasteiger partial charge in [-0.25, -0.2) is 0 Å². The van der Waals surface area contributed by atoms with Gasteiger partial charge < -0.3 is 10.1 Å². The van der Waals surface area contributed by atoms with Crippen molar-refractivity contribution in [3.63, 3.8) is 0 Å². The number of benzene rings is 2. The van der Waals surface area contributed by atoms with Crippen LogP contribution in [0.1, 0.15) is 11.1 Å². The minimum Gasteiger partial charge on any atom is -0.497 e. The number of hydrogen-bond acceptors (Lipinski definition) is 2. The van der Waals surface area contributed by atoms with E-state index in [2.05, 4.69) is 41.7 Å². The molecule has 2 rings (SSSR count). The van der Waals surface area contributed by atoms with E-state index in [0.29, 0.717) is 0 Å². The lowest BCUT2D eigenvalue weighted by Gasteiger charge is -2.06. The van der Waals surface area contributed by atoms with Gasteiger partial charge in [0.25, 0.3) is 0 Å². The van der Waals surface area contributed by atoms with Crippen molar-refractivity contribution in [1.82, 2.24) is 0 Å². The molecule has 0 radical (unpaired) electrons. The highest BCUT2D eigenvalue weighted by atomic mass is 16.5. The molecule has 0 aliphatic carbocycles. The minimum absolute atomic E-state index is 0.901. The van der Waals surface area contributed by atoms with E-state index in [1.54, 1.807) is 7.11 Å². The number of rotatable bonds is 4. The zero-order valence-corrected chi connectivity index (χ0v) is 10.2. The second-order valence-electron chi connectivity index (χ2n) is 3.98. The van der Waals surface area contributed by atoms with Gasteiger partial charge in [-0.2, -0.15) is 0 Å². The van der Waals surface area contributed by atoms with Crippen molar-refractivity contribution < 1.29 is 4.74 Å². The van der Waals surface area contributed by atoms with Gasteiger partial charge in [0.2, 0.25) is 0 Å². The summed E-state index contributed by atoms with van der Waals surface area (Å²) in [6.07, 6.45) is 0.944. The van der Waals surface area contributed by atoms with Crippen LogP contribution in [0.3, 0.4) is 0 Å². The molecule has 0 atom stereocenters. The minimum atomic E-state index is 0.901. The Bertz CT molecular complexity index is 477. The zero-order chi connectivity index (χ0) is 12.1. The van der Waals surface area contributed by atoms with E-state index in [0.717, 1.165) is 17.9 Å². The number of nitrogens with one attached hydrogen (secondary N) is 1. The van der Waals surface area contributed by atoms with Crippen LogP contribution in [0, 0.1) is 0 Å². The molecule has 17 heavy (non-hydrogen) atoms. The highest BCUT2D eigenvalue weighted by Gasteiger charge is 1.98. The molecule has 2 nitrogen and oxygen atoms in total. The Kier molecular flexibility index (Phi) is 3.66. The first-order valence-electron chi connectivity index (χ1n) is 5.71. The van der Waals surface area contributed by atoms with Gasteiger partial charge in [-0.15, -0.1) is 0 Å². The maximum Gasteiger partial charge on any atom is 0.118 e. The summed E-state index contributed by atoms with van der Waals surface area (Å²) in [5.41, 5.74) is 3.75. The van der Waals surface area contributed by atoms with Crippen LogP contribution in [0.15, 0.2) is 48.5 Å². The zero-order valence-electron chi connectivity index (χ0n) is 10.2. The summed E-state index contributed by atoms with van der Waals surface area (Å²) in [5.74, 6) is 0.901. The molecule has 0 saturated carbocycles. The Balaban J connectivity index is 2.13. The van der Waals surface area contributed by atoms with Gasteiger partial charge in [-0.1, -0.05) is 24.3 Å². The Morgan fingerprint density at radius 3 is 2.41 bits per heavy atom. The highest BCUT2D eigenvalue weighted by molar-refractivity contribution is 5.46. The van der Waals surface area contributed by atoms with E-state index in [4.69, 9.17) is 4.74 Å². The van der Waals surface area contributed by atoms with Gasteiger partial charge in [-0.05, 0) is 41.8 Å². The van der Waals surface area contributed by atoms with E-state index in [1.165, 1.54) is 11.1 Å². The smallest absolute Gasteiger partial charge is 0.118 e. The molecular weight excluding hydrogens is 210 g/mol. The number of anilines is 1. The quantitative estimate of drug-likeness (QED) is 0.865. The second kappa shape index (κ2) is 5.39. The monoisotopic (exact) mass is 227 g/mol. The lowest BCUT2D eigenvalue weighted by molar-refractivity contribution is 0.414. The molecule has 88 valence electrons. The largest absolute Gasteiger partial charge is 0.497 e. The van der Waals surface area contributed by atoms with E-state index in [-0.39, 0.29) is 0 Å². The molecule has 0 bridgehead atoms. The Morgan fingerprint density at radius 1 is 1.00 bits per heavy atom. The third-order valence-electron chi connectivity index (χ3n) is 2.78. The molecule has 0 fully saturated rings. The fraction of sp³-hybridized carbons (Fsp3) is 0.200. The van der Waals surface area contributed by atoms with E-state index < -0.39 is 0 Å². The highest BCUT2D eigenvalue weighted by Crippen LogP contribution is 2.17. The normalized spacial score (nSPS) is 10.0. The van der Waals surface area contributed by atoms with Crippen LogP contribution in [0.4, 0.5) is 5.69 Å². The molecule has 0 spiro atoms. The van der Waals surface area contributed by atoms with E-state index >= 15 is 0 Å². The van der Waals surface area contributed by atoms with Crippen LogP contribution in [0.25, 0.3) is 0 Å². The summed E-state index contributed by atoms with van der Waals surface area (Å²) in [4.78, 5) is 0. The Hall–Kier alpha value is -1.96. The molecule has 2 aromatic rings. The van der Waals surface area contributed by atoms with Gasteiger partial charge in [0.1, 0.15) is 5.75 Å². The van der Waals surface area contributed by atoms with Gasteiger partial charge in [0.05, 0.1) is 7.11 Å². The summed E-state index contributed by atoms with van der Waals surface area (Å²) in [6.45, 7) is 0. The summed E-state index contributed by atoms with van der Waals surface area (Å²) in [6, 6.07) is 16.7. The number of methoxy groups -OCH3 is 1. The van der Waals surface area contributed by atoms with Gasteiger partial charge in [0, 0.05) is 12.7 Å². The molecule has 0 unspecified atom stereocenters. The number of ether oxygens (including phenoxy) is 1. The van der Waals surface area contributed by atoms with Crippen LogP contribution >= 0.6 is 0 Å². The van der Waals surface area contributed by atoms with Crippen LogP contribution in [-0.4, -0.2) is 14.2 Å². The molecule has 1 N–H and O–H groups in total. The van der Waals surface area contributed by atoms with Crippen molar-refractivity contribution in [2.24, 2.45) is 0 Å². The maximum atomic E-state index is 5.15. The topological polar surface area (TPSA) is 21.3 Å². The number of hydrogen-bond donors (Lipinski definition) is 1. The first kappa shape index (κ1) is 11.5. The van der Waals surface area contributed by atoms with E-state index in [1.807, 2.05) is 19.2 Å². The SMILES string of the molecule is CNc1cccc(Cc2ccc(OC)cc2)c1. The van der Waals surface area contributed by atoms with Crippen LogP contribution in [0.5, 0.6) is 5.75 Å². The summed E-state index contributed by atoms with van der Waals surface area (Å²) >= 11 is 0. The standard InChI is InChI=1S/C15H17NO/c1-16-14-5-3-4-13(11-14)10-12-6-8-15(17-2)9-7-12/h3-9,11,16H,10H2,1-2H3. The van der Waals surface area contributed by atoms with Crippen molar-refractivity contribution in [3.8, 4) is 5.75 Å². The fourth-order valence-electron chi connectivity index (χ4n) is 1.82. The van der Waals surface area contributed by atoms with Crippen molar-refractivity contribution in [2.45, 2.75) is 6.42 Å². The van der Waals surface area contributed by atoms with Gasteiger partial charge >= 0.3 is 0 Å². The Labute approximate surface area is 102 Å². The average molecular weight is 227 g/mol. The predicted molar refractivity (Wildman–Crippen MR) is 71.8 cm³/mol. The first-order valence-corrected chi connectivity index (χ1v) is 5.71. The van der Waals surface area contributed by atoms with Crippen LogP contribution < -0.4 is 10.1 Å². The molecule has 0 saturated heterocycles. The molecule has 0 aliphatic rings. The van der Waals surface area contributed by atoms with E-state index in [9.17, 15) is 0 Å². The summed E-state index contributed by atoms with van der Waals surface area (Å²) in [7, 11) is 3.62. The summed E-state index contributed by atoms with van der Waals surface area (Å²) < 4.78 is 5.15. The van der Waals surface area contributed by atoms with Gasteiger partial charge in [-0.3, -0.25) is 0 Å². The first-order chi connectivity index (χ1) is 8.31. The summed E-state index contributed by atoms with van der Waals surface area (Å²) in [5, 5.41) is 3.15. The fourth-order valence-corrected chi connectivity index (χ4v) is 1.82. The maximum absolute atomic E-state index is 5.15. The van der Waals surface area contributed by atoms with Gasteiger partial charge in [0.15, 0.2) is 0 Å². The van der Waals surface area contributed by atoms with Crippen molar-refractivity contribution >= 4 is 5.69 Å². The predicted octanol–water partition coefficient (Wildman–Crippen LogP) is 3.33. The van der Waals surface area contributed by atoms with Crippen molar-refractivity contribution in [3.05, 3.63) is 59.7 Å². The van der Waals surface area contributed by atoms with Crippen LogP contribution in [-0.2, 0) is 6.42 Å². The third-order valence-corrected chi connectivity index (χ3v) is 2.78. The Morgan fingerprint density at radius 2 is 1.76 bits per heavy atom. The second-order valence-corrected chi connectivity index (χ2v) is 3.98. The van der Waals surface area contributed by atoms with Crippen molar-refractivity contribution in [2.75, 3.05) is 19.5 Å². The lowest BCUT2D eigenvalue weighted by Crippen LogP contribution is -1.92. The molecule has 0 aromatic heterocycles. The molecule has 0 amide bonds. The van der Waals surface area contributed by atoms with Crippen LogP contribution in [0.2, 0.25) is 0 Å².